The lowest BCUT2D eigenvalue weighted by molar-refractivity contribution is 0.104. The second-order valence-electron chi connectivity index (χ2n) is 7.59. The van der Waals surface area contributed by atoms with Crippen molar-refractivity contribution in [1.82, 2.24) is 9.55 Å². The summed E-state index contributed by atoms with van der Waals surface area (Å²) < 4.78 is 17.2. The van der Waals surface area contributed by atoms with E-state index in [4.69, 9.17) is 14.2 Å². The molecule has 0 aliphatic carbocycles. The van der Waals surface area contributed by atoms with Gasteiger partial charge in [-0.15, -0.1) is 0 Å². The van der Waals surface area contributed by atoms with Gasteiger partial charge in [-0.25, -0.2) is 4.79 Å². The van der Waals surface area contributed by atoms with Gasteiger partial charge in [0.25, 0.3) is 0 Å². The first-order valence-electron chi connectivity index (χ1n) is 10.7. The molecule has 0 spiro atoms. The van der Waals surface area contributed by atoms with Crippen LogP contribution in [0.5, 0.6) is 23.0 Å². The van der Waals surface area contributed by atoms with Crippen molar-refractivity contribution in [1.29, 1.82) is 0 Å². The minimum Gasteiger partial charge on any atom is -0.504 e. The molecule has 0 fully saturated rings. The van der Waals surface area contributed by atoms with Crippen molar-refractivity contribution >= 4 is 11.9 Å². The normalized spacial score (nSPS) is 10.9. The van der Waals surface area contributed by atoms with Gasteiger partial charge < -0.3 is 24.3 Å². The van der Waals surface area contributed by atoms with E-state index < -0.39 is 0 Å². The van der Waals surface area contributed by atoms with Crippen molar-refractivity contribution in [2.75, 3.05) is 21.3 Å². The number of hydrogen-bond acceptors (Lipinski definition) is 6. The molecule has 1 aromatic heterocycles. The molecule has 8 nitrogen and oxygen atoms in total. The number of aromatic hydroxyl groups is 1. The third-order valence-electron chi connectivity index (χ3n) is 5.45. The molecule has 8 heteroatoms. The number of rotatable bonds is 8. The largest absolute Gasteiger partial charge is 0.504 e. The van der Waals surface area contributed by atoms with Crippen LogP contribution in [0.15, 0.2) is 77.7 Å². The van der Waals surface area contributed by atoms with Gasteiger partial charge in [0.15, 0.2) is 28.8 Å². The van der Waals surface area contributed by atoms with Crippen LogP contribution in [-0.4, -0.2) is 41.8 Å². The number of methoxy groups -OCH3 is 3. The first-order valence-corrected chi connectivity index (χ1v) is 10.7. The molecule has 0 bridgehead atoms. The van der Waals surface area contributed by atoms with E-state index in [1.807, 2.05) is 6.07 Å². The Bertz CT molecular complexity index is 1460. The molecule has 4 aromatic rings. The molecule has 178 valence electrons. The van der Waals surface area contributed by atoms with E-state index >= 15 is 0 Å². The van der Waals surface area contributed by atoms with Crippen molar-refractivity contribution in [3.05, 3.63) is 94.5 Å². The van der Waals surface area contributed by atoms with E-state index in [0.717, 1.165) is 5.56 Å². The molecule has 0 amide bonds. The minimum absolute atomic E-state index is 0.0214. The highest BCUT2D eigenvalue weighted by Crippen LogP contribution is 2.31. The molecule has 0 saturated heterocycles. The fourth-order valence-electron chi connectivity index (χ4n) is 3.61. The topological polar surface area (TPSA) is 103 Å². The number of phenolic OH excluding ortho intramolecular Hbond substituents is 1. The van der Waals surface area contributed by atoms with Crippen LogP contribution in [0.25, 0.3) is 23.0 Å². The second kappa shape index (κ2) is 10.0. The zero-order valence-corrected chi connectivity index (χ0v) is 19.4. The Hall–Kier alpha value is -4.72. The van der Waals surface area contributed by atoms with Gasteiger partial charge in [0.05, 0.1) is 32.7 Å². The van der Waals surface area contributed by atoms with E-state index in [1.165, 1.54) is 23.8 Å². The van der Waals surface area contributed by atoms with Gasteiger partial charge >= 0.3 is 5.69 Å². The fourth-order valence-corrected chi connectivity index (χ4v) is 3.61. The molecule has 2 N–H and O–H groups in total. The third-order valence-corrected chi connectivity index (χ3v) is 5.45. The van der Waals surface area contributed by atoms with Crippen molar-refractivity contribution in [2.45, 2.75) is 0 Å². The summed E-state index contributed by atoms with van der Waals surface area (Å²) in [6.07, 6.45) is 4.74. The predicted molar refractivity (Wildman–Crippen MR) is 133 cm³/mol. The summed E-state index contributed by atoms with van der Waals surface area (Å²) >= 11 is 0. The number of benzene rings is 3. The first kappa shape index (κ1) is 23.4. The second-order valence-corrected chi connectivity index (χ2v) is 7.59. The zero-order valence-electron chi connectivity index (χ0n) is 19.4. The monoisotopic (exact) mass is 472 g/mol. The number of nitrogens with zero attached hydrogens (tertiary/aromatic N) is 1. The number of carbonyl (C=O) groups excluding carboxylic acids is 1. The average molecular weight is 472 g/mol. The Morgan fingerprint density at radius 1 is 0.914 bits per heavy atom. The van der Waals surface area contributed by atoms with E-state index in [0.29, 0.717) is 39.8 Å². The smallest absolute Gasteiger partial charge is 0.330 e. The standard InChI is InChI=1S/C27H24N2O6/c1-33-24-12-9-18(15-26(24)35-3)21-16-29(27(32)28-21)20-6-4-5-19(14-20)22(30)10-7-17-8-11-23(31)25(13-17)34-2/h4-16,31H,1-3H3,(H,28,32)/b10-7+. The number of carbonyl (C=O) groups is 1. The summed E-state index contributed by atoms with van der Waals surface area (Å²) in [5.74, 6) is 1.24. The molecule has 35 heavy (non-hydrogen) atoms. The molecule has 0 atom stereocenters. The van der Waals surface area contributed by atoms with E-state index in [-0.39, 0.29) is 17.2 Å². The molecular formula is C27H24N2O6. The lowest BCUT2D eigenvalue weighted by atomic mass is 10.1. The Balaban J connectivity index is 1.60. The number of aromatic nitrogens is 2. The summed E-state index contributed by atoms with van der Waals surface area (Å²) in [6.45, 7) is 0. The van der Waals surface area contributed by atoms with Crippen LogP contribution < -0.4 is 19.9 Å². The number of H-pyrrole nitrogens is 1. The molecule has 1 heterocycles. The van der Waals surface area contributed by atoms with E-state index in [9.17, 15) is 14.7 Å². The number of hydrogen-bond donors (Lipinski definition) is 2. The summed E-state index contributed by atoms with van der Waals surface area (Å²) in [4.78, 5) is 28.3. The van der Waals surface area contributed by atoms with Crippen molar-refractivity contribution in [3.8, 4) is 39.9 Å². The van der Waals surface area contributed by atoms with Crippen LogP contribution >= 0.6 is 0 Å². The zero-order chi connectivity index (χ0) is 24.9. The average Bonchev–Trinajstić information content (AvgIpc) is 3.29. The molecular weight excluding hydrogens is 448 g/mol. The number of ether oxygens (including phenoxy) is 3. The molecule has 0 aliphatic rings. The van der Waals surface area contributed by atoms with Crippen LogP contribution in [0.2, 0.25) is 0 Å². The Labute approximate surface area is 201 Å². The van der Waals surface area contributed by atoms with Gasteiger partial charge in [-0.2, -0.15) is 0 Å². The van der Waals surface area contributed by atoms with Crippen LogP contribution in [-0.2, 0) is 0 Å². The van der Waals surface area contributed by atoms with Crippen molar-refractivity contribution in [3.63, 3.8) is 0 Å². The molecule has 0 radical (unpaired) electrons. The van der Waals surface area contributed by atoms with Crippen molar-refractivity contribution < 1.29 is 24.1 Å². The Morgan fingerprint density at radius 2 is 1.69 bits per heavy atom. The SMILES string of the molecule is COc1cc(/C=C/C(=O)c2cccc(-n3cc(-c4ccc(OC)c(OC)c4)[nH]c3=O)c2)ccc1O. The van der Waals surface area contributed by atoms with Gasteiger partial charge in [-0.3, -0.25) is 9.36 Å². The van der Waals surface area contributed by atoms with Crippen LogP contribution in [0, 0.1) is 0 Å². The minimum atomic E-state index is -0.342. The van der Waals surface area contributed by atoms with Gasteiger partial charge in [0.1, 0.15) is 0 Å². The summed E-state index contributed by atoms with van der Waals surface area (Å²) in [5, 5.41) is 9.72. The summed E-state index contributed by atoms with van der Waals surface area (Å²) in [6, 6.07) is 17.0. The molecule has 0 unspecified atom stereocenters. The summed E-state index contributed by atoms with van der Waals surface area (Å²) in [5.41, 5.74) is 2.66. The predicted octanol–water partition coefficient (Wildman–Crippen LogP) is 4.46. The highest BCUT2D eigenvalue weighted by atomic mass is 16.5. The maximum Gasteiger partial charge on any atom is 0.330 e. The van der Waals surface area contributed by atoms with Gasteiger partial charge in [-0.1, -0.05) is 24.3 Å². The fraction of sp³-hybridized carbons (Fsp3) is 0.111. The van der Waals surface area contributed by atoms with Crippen LogP contribution in [0.3, 0.4) is 0 Å². The van der Waals surface area contributed by atoms with Gasteiger partial charge in [-0.05, 0) is 54.1 Å². The number of ketones is 1. The number of aromatic amines is 1. The Kier molecular flexibility index (Phi) is 6.73. The van der Waals surface area contributed by atoms with Gasteiger partial charge in [0, 0.05) is 17.3 Å². The lowest BCUT2D eigenvalue weighted by Gasteiger charge is -2.08. The molecule has 0 saturated carbocycles. The highest BCUT2D eigenvalue weighted by Gasteiger charge is 2.12. The number of nitrogens with one attached hydrogen (secondary N) is 1. The first-order chi connectivity index (χ1) is 16.9. The number of allylic oxidation sites excluding steroid dienone is 1. The molecule has 4 rings (SSSR count). The number of phenols is 1. The molecule has 3 aromatic carbocycles. The summed E-state index contributed by atoms with van der Waals surface area (Å²) in [7, 11) is 4.56. The highest BCUT2D eigenvalue weighted by molar-refractivity contribution is 6.07. The lowest BCUT2D eigenvalue weighted by Crippen LogP contribution is -2.14. The number of imidazole rings is 1. The van der Waals surface area contributed by atoms with E-state index in [2.05, 4.69) is 4.98 Å². The van der Waals surface area contributed by atoms with Crippen LogP contribution in [0.1, 0.15) is 15.9 Å². The van der Waals surface area contributed by atoms with E-state index in [1.54, 1.807) is 75.0 Å². The van der Waals surface area contributed by atoms with Crippen LogP contribution in [0.4, 0.5) is 0 Å². The maximum atomic E-state index is 12.8. The van der Waals surface area contributed by atoms with Gasteiger partial charge in [0.2, 0.25) is 0 Å². The maximum absolute atomic E-state index is 12.8. The molecule has 0 aliphatic heterocycles. The van der Waals surface area contributed by atoms with Crippen molar-refractivity contribution in [2.24, 2.45) is 0 Å². The Morgan fingerprint density at radius 3 is 2.43 bits per heavy atom. The third kappa shape index (κ3) is 4.96. The quantitative estimate of drug-likeness (QED) is 0.290.